The number of nitrogens with one attached hydrogen (secondary N) is 1. The zero-order valence-corrected chi connectivity index (χ0v) is 10.7. The first-order chi connectivity index (χ1) is 8.18. The molecule has 86 valence electrons. The van der Waals surface area contributed by atoms with E-state index in [0.717, 1.165) is 11.3 Å². The van der Waals surface area contributed by atoms with Crippen molar-refractivity contribution in [1.29, 1.82) is 0 Å². The van der Waals surface area contributed by atoms with Crippen molar-refractivity contribution in [1.82, 2.24) is 9.97 Å². The molecule has 1 amide bonds. The van der Waals surface area contributed by atoms with E-state index in [2.05, 4.69) is 31.2 Å². The number of hydrogen-bond donors (Lipinski definition) is 1. The van der Waals surface area contributed by atoms with E-state index in [9.17, 15) is 4.79 Å². The lowest BCUT2D eigenvalue weighted by molar-refractivity contribution is 0.102. The lowest BCUT2D eigenvalue weighted by Crippen LogP contribution is -2.15. The summed E-state index contributed by atoms with van der Waals surface area (Å²) in [5, 5.41) is 2.80. The largest absolute Gasteiger partial charge is 0.320 e. The smallest absolute Gasteiger partial charge is 0.275 e. The number of halogens is 1. The Hall–Kier alpha value is -1.75. The number of hydrogen-bond acceptors (Lipinski definition) is 3. The van der Waals surface area contributed by atoms with Crippen molar-refractivity contribution in [3.8, 4) is 0 Å². The van der Waals surface area contributed by atoms with E-state index in [-0.39, 0.29) is 5.91 Å². The second kappa shape index (κ2) is 5.05. The Bertz CT molecular complexity index is 557. The molecule has 0 saturated carbocycles. The standard InChI is InChI=1S/C12H10BrN3O/c1-8-7-14-6-4-10(8)16-12(17)11-9(13)3-2-5-15-11/h2-7H,1H3,(H,14,16,17). The van der Waals surface area contributed by atoms with Gasteiger partial charge in [0.15, 0.2) is 0 Å². The maximum atomic E-state index is 12.0. The molecule has 0 bridgehead atoms. The number of anilines is 1. The summed E-state index contributed by atoms with van der Waals surface area (Å²) >= 11 is 3.29. The van der Waals surface area contributed by atoms with Gasteiger partial charge < -0.3 is 5.32 Å². The average molecular weight is 292 g/mol. The molecule has 0 aliphatic heterocycles. The normalized spacial score (nSPS) is 10.0. The van der Waals surface area contributed by atoms with Crippen LogP contribution in [0.5, 0.6) is 0 Å². The summed E-state index contributed by atoms with van der Waals surface area (Å²) in [5.74, 6) is -0.244. The molecule has 2 aromatic rings. The van der Waals surface area contributed by atoms with E-state index in [1.807, 2.05) is 6.92 Å². The van der Waals surface area contributed by atoms with Gasteiger partial charge in [0, 0.05) is 28.8 Å². The van der Waals surface area contributed by atoms with Crippen molar-refractivity contribution in [2.45, 2.75) is 6.92 Å². The second-order valence-corrected chi connectivity index (χ2v) is 4.33. The van der Waals surface area contributed by atoms with Gasteiger partial charge >= 0.3 is 0 Å². The molecule has 2 rings (SSSR count). The Morgan fingerprint density at radius 1 is 1.35 bits per heavy atom. The van der Waals surface area contributed by atoms with Crippen molar-refractivity contribution in [2.24, 2.45) is 0 Å². The third kappa shape index (κ3) is 2.68. The maximum Gasteiger partial charge on any atom is 0.275 e. The quantitative estimate of drug-likeness (QED) is 0.926. The summed E-state index contributed by atoms with van der Waals surface area (Å²) in [5.41, 5.74) is 2.01. The number of aromatic nitrogens is 2. The zero-order valence-electron chi connectivity index (χ0n) is 9.14. The summed E-state index contributed by atoms with van der Waals surface area (Å²) in [6.45, 7) is 1.88. The van der Waals surface area contributed by atoms with Crippen LogP contribution in [0.2, 0.25) is 0 Å². The average Bonchev–Trinajstić information content (AvgIpc) is 2.32. The predicted molar refractivity (Wildman–Crippen MR) is 68.9 cm³/mol. The van der Waals surface area contributed by atoms with E-state index >= 15 is 0 Å². The molecule has 0 saturated heterocycles. The number of rotatable bonds is 2. The van der Waals surface area contributed by atoms with Gasteiger partial charge in [-0.2, -0.15) is 0 Å². The Morgan fingerprint density at radius 3 is 2.88 bits per heavy atom. The van der Waals surface area contributed by atoms with Crippen LogP contribution in [-0.4, -0.2) is 15.9 Å². The van der Waals surface area contributed by atoms with Crippen LogP contribution >= 0.6 is 15.9 Å². The topological polar surface area (TPSA) is 54.9 Å². The molecular formula is C12H10BrN3O. The van der Waals surface area contributed by atoms with Crippen LogP contribution in [0.25, 0.3) is 0 Å². The highest BCUT2D eigenvalue weighted by Crippen LogP contribution is 2.17. The molecule has 17 heavy (non-hydrogen) atoms. The summed E-state index contributed by atoms with van der Waals surface area (Å²) in [6.07, 6.45) is 4.91. The van der Waals surface area contributed by atoms with Crippen LogP contribution in [-0.2, 0) is 0 Å². The molecule has 1 N–H and O–H groups in total. The van der Waals surface area contributed by atoms with Gasteiger partial charge in [-0.25, -0.2) is 4.98 Å². The van der Waals surface area contributed by atoms with Crippen molar-refractivity contribution >= 4 is 27.5 Å². The molecule has 0 atom stereocenters. The Balaban J connectivity index is 2.24. The van der Waals surface area contributed by atoms with Gasteiger partial charge in [0.05, 0.1) is 0 Å². The SMILES string of the molecule is Cc1cnccc1NC(=O)c1ncccc1Br. The van der Waals surface area contributed by atoms with E-state index in [4.69, 9.17) is 0 Å². The van der Waals surface area contributed by atoms with Gasteiger partial charge in [-0.15, -0.1) is 0 Å². The third-order valence-corrected chi connectivity index (χ3v) is 2.88. The molecule has 2 aromatic heterocycles. The number of carbonyl (C=O) groups excluding carboxylic acids is 1. The van der Waals surface area contributed by atoms with Crippen LogP contribution in [0.1, 0.15) is 16.1 Å². The summed E-state index contributed by atoms with van der Waals surface area (Å²) < 4.78 is 0.671. The highest BCUT2D eigenvalue weighted by atomic mass is 79.9. The van der Waals surface area contributed by atoms with Gasteiger partial charge in [-0.1, -0.05) is 0 Å². The lowest BCUT2D eigenvalue weighted by atomic mass is 10.2. The predicted octanol–water partition coefficient (Wildman–Crippen LogP) is 2.80. The summed E-state index contributed by atoms with van der Waals surface area (Å²) in [7, 11) is 0. The molecule has 0 radical (unpaired) electrons. The zero-order chi connectivity index (χ0) is 12.3. The molecule has 0 spiro atoms. The summed E-state index contributed by atoms with van der Waals surface area (Å²) in [4.78, 5) is 20.0. The summed E-state index contributed by atoms with van der Waals surface area (Å²) in [6, 6.07) is 5.30. The number of carbonyl (C=O) groups is 1. The van der Waals surface area contributed by atoms with Gasteiger partial charge in [-0.3, -0.25) is 9.78 Å². The monoisotopic (exact) mass is 291 g/mol. The first-order valence-electron chi connectivity index (χ1n) is 5.01. The van der Waals surface area contributed by atoms with Crippen molar-refractivity contribution in [2.75, 3.05) is 5.32 Å². The van der Waals surface area contributed by atoms with Crippen LogP contribution in [0, 0.1) is 6.92 Å². The Morgan fingerprint density at radius 2 is 2.18 bits per heavy atom. The van der Waals surface area contributed by atoms with Gasteiger partial charge in [-0.05, 0) is 46.6 Å². The van der Waals surface area contributed by atoms with Crippen molar-refractivity contribution < 1.29 is 4.79 Å². The molecule has 0 aromatic carbocycles. The first-order valence-corrected chi connectivity index (χ1v) is 5.80. The Labute approximate surface area is 107 Å². The number of nitrogens with zero attached hydrogens (tertiary/aromatic N) is 2. The maximum absolute atomic E-state index is 12.0. The first kappa shape index (κ1) is 11.7. The van der Waals surface area contributed by atoms with Crippen molar-refractivity contribution in [3.63, 3.8) is 0 Å². The van der Waals surface area contributed by atoms with Crippen LogP contribution in [0.3, 0.4) is 0 Å². The fraction of sp³-hybridized carbons (Fsp3) is 0.0833. The number of pyridine rings is 2. The van der Waals surface area contributed by atoms with Crippen LogP contribution < -0.4 is 5.32 Å². The highest BCUT2D eigenvalue weighted by molar-refractivity contribution is 9.10. The van der Waals surface area contributed by atoms with E-state index in [0.29, 0.717) is 10.2 Å². The number of aryl methyl sites for hydroxylation is 1. The Kier molecular flexibility index (Phi) is 3.49. The minimum atomic E-state index is -0.244. The van der Waals surface area contributed by atoms with E-state index < -0.39 is 0 Å². The number of amides is 1. The molecule has 0 aliphatic rings. The van der Waals surface area contributed by atoms with E-state index in [1.165, 1.54) is 0 Å². The fourth-order valence-electron chi connectivity index (χ4n) is 1.35. The molecule has 4 nitrogen and oxygen atoms in total. The van der Waals surface area contributed by atoms with Crippen molar-refractivity contribution in [3.05, 3.63) is 52.5 Å². The molecule has 0 aliphatic carbocycles. The van der Waals surface area contributed by atoms with Gasteiger partial charge in [0.2, 0.25) is 0 Å². The molecule has 0 fully saturated rings. The fourth-order valence-corrected chi connectivity index (χ4v) is 1.78. The van der Waals surface area contributed by atoms with E-state index in [1.54, 1.807) is 36.8 Å². The molecule has 5 heteroatoms. The minimum Gasteiger partial charge on any atom is -0.320 e. The molecular weight excluding hydrogens is 282 g/mol. The van der Waals surface area contributed by atoms with Crippen LogP contribution in [0.4, 0.5) is 5.69 Å². The molecule has 0 unspecified atom stereocenters. The van der Waals surface area contributed by atoms with Gasteiger partial charge in [0.25, 0.3) is 5.91 Å². The second-order valence-electron chi connectivity index (χ2n) is 3.48. The lowest BCUT2D eigenvalue weighted by Gasteiger charge is -2.07. The molecule has 2 heterocycles. The minimum absolute atomic E-state index is 0.244. The van der Waals surface area contributed by atoms with Crippen LogP contribution in [0.15, 0.2) is 41.3 Å². The third-order valence-electron chi connectivity index (χ3n) is 2.24. The highest BCUT2D eigenvalue weighted by Gasteiger charge is 2.11. The van der Waals surface area contributed by atoms with Gasteiger partial charge in [0.1, 0.15) is 5.69 Å².